The third-order valence-electron chi connectivity index (χ3n) is 4.14. The van der Waals surface area contributed by atoms with Crippen LogP contribution in [0.1, 0.15) is 5.76 Å². The summed E-state index contributed by atoms with van der Waals surface area (Å²) in [5.41, 5.74) is 1.66. The van der Waals surface area contributed by atoms with Gasteiger partial charge in [0.25, 0.3) is 5.91 Å². The van der Waals surface area contributed by atoms with Crippen molar-refractivity contribution in [3.8, 4) is 17.2 Å². The average Bonchev–Trinajstić information content (AvgIpc) is 3.29. The molecule has 6 nitrogen and oxygen atoms in total. The smallest absolute Gasteiger partial charge is 0.282 e. The van der Waals surface area contributed by atoms with Gasteiger partial charge in [-0.05, 0) is 36.4 Å². The predicted molar refractivity (Wildman–Crippen MR) is 84.7 cm³/mol. The summed E-state index contributed by atoms with van der Waals surface area (Å²) in [6.45, 7) is 0. The van der Waals surface area contributed by atoms with Gasteiger partial charge < -0.3 is 18.9 Å². The first-order valence-electron chi connectivity index (χ1n) is 7.32. The van der Waals surface area contributed by atoms with Crippen molar-refractivity contribution in [3.05, 3.63) is 65.3 Å². The molecular formula is C18H10N2O4. The number of aromatic amines is 1. The lowest BCUT2D eigenvalue weighted by Gasteiger charge is -1.96. The second-order valence-electron chi connectivity index (χ2n) is 5.51. The molecule has 1 amide bonds. The van der Waals surface area contributed by atoms with Crippen molar-refractivity contribution in [2.24, 2.45) is 4.99 Å². The summed E-state index contributed by atoms with van der Waals surface area (Å²) in [5, 5.41) is 12.2. The van der Waals surface area contributed by atoms with Gasteiger partial charge in [0, 0.05) is 16.1 Å². The van der Waals surface area contributed by atoms with Gasteiger partial charge in [-0.1, -0.05) is 0 Å². The van der Waals surface area contributed by atoms with E-state index < -0.39 is 0 Å². The molecule has 3 aromatic heterocycles. The maximum Gasteiger partial charge on any atom is 0.282 e. The fourth-order valence-corrected chi connectivity index (χ4v) is 3.12. The molecule has 1 aliphatic rings. The molecule has 4 aromatic rings. The van der Waals surface area contributed by atoms with Crippen molar-refractivity contribution in [2.45, 2.75) is 0 Å². The Kier molecular flexibility index (Phi) is 2.42. The number of furan rings is 2. The topological polar surface area (TPSA) is 91.7 Å². The van der Waals surface area contributed by atoms with Crippen LogP contribution in [0.4, 0.5) is 0 Å². The molecular weight excluding hydrogens is 308 g/mol. The number of rotatable bonds is 2. The Hall–Kier alpha value is -3.54. The van der Waals surface area contributed by atoms with Crippen molar-refractivity contribution in [3.63, 3.8) is 0 Å². The summed E-state index contributed by atoms with van der Waals surface area (Å²) in [6.07, 6.45) is 3.05. The molecule has 1 aromatic carbocycles. The maximum absolute atomic E-state index is 12.3. The van der Waals surface area contributed by atoms with Crippen molar-refractivity contribution in [1.29, 1.82) is 0 Å². The molecule has 0 saturated carbocycles. The molecule has 0 fully saturated rings. The summed E-state index contributed by atoms with van der Waals surface area (Å²) in [7, 11) is 0. The number of nitrogens with one attached hydrogen (secondary N) is 1. The Morgan fingerprint density at radius 2 is 1.79 bits per heavy atom. The molecule has 24 heavy (non-hydrogen) atoms. The largest absolute Gasteiger partial charge is 0.494 e. The van der Waals surface area contributed by atoms with Crippen molar-refractivity contribution >= 4 is 22.4 Å². The van der Waals surface area contributed by atoms with E-state index in [0.717, 1.165) is 5.39 Å². The Morgan fingerprint density at radius 3 is 2.50 bits per heavy atom. The highest BCUT2D eigenvalue weighted by molar-refractivity contribution is 6.20. The Labute approximate surface area is 134 Å². The summed E-state index contributed by atoms with van der Waals surface area (Å²) < 4.78 is 10.7. The Morgan fingerprint density at radius 1 is 1.04 bits per heavy atom. The van der Waals surface area contributed by atoms with Gasteiger partial charge in [-0.3, -0.25) is 4.79 Å². The fourth-order valence-electron chi connectivity index (χ4n) is 3.12. The first-order valence-corrected chi connectivity index (χ1v) is 7.32. The zero-order chi connectivity index (χ0) is 16.3. The van der Waals surface area contributed by atoms with Gasteiger partial charge >= 0.3 is 0 Å². The van der Waals surface area contributed by atoms with E-state index in [-0.39, 0.29) is 11.8 Å². The summed E-state index contributed by atoms with van der Waals surface area (Å²) in [4.78, 5) is 19.3. The van der Waals surface area contributed by atoms with Crippen LogP contribution in [-0.4, -0.2) is 16.0 Å². The lowest BCUT2D eigenvalue weighted by Crippen LogP contribution is -2.23. The number of hydrogen-bond donors (Lipinski definition) is 2. The molecule has 4 heterocycles. The molecule has 6 heteroatoms. The first-order chi connectivity index (χ1) is 11.7. The molecule has 0 spiro atoms. The van der Waals surface area contributed by atoms with Gasteiger partial charge in [-0.2, -0.15) is 0 Å². The second kappa shape index (κ2) is 4.48. The van der Waals surface area contributed by atoms with E-state index in [4.69, 9.17) is 8.83 Å². The molecule has 116 valence electrons. The van der Waals surface area contributed by atoms with Gasteiger partial charge in [0.05, 0.1) is 29.0 Å². The van der Waals surface area contributed by atoms with Crippen LogP contribution in [0.3, 0.4) is 0 Å². The van der Waals surface area contributed by atoms with Gasteiger partial charge in [0.1, 0.15) is 11.5 Å². The minimum atomic E-state index is -0.337. The zero-order valence-electron chi connectivity index (χ0n) is 12.2. The van der Waals surface area contributed by atoms with Crippen molar-refractivity contribution in [1.82, 2.24) is 4.98 Å². The van der Waals surface area contributed by atoms with Crippen LogP contribution in [0.2, 0.25) is 0 Å². The number of carbonyl (C=O) groups excluding carboxylic acids is 1. The minimum absolute atomic E-state index is 0.00880. The normalized spacial score (nSPS) is 13.5. The van der Waals surface area contributed by atoms with Gasteiger partial charge in [-0.25, -0.2) is 4.99 Å². The number of carbonyl (C=O) groups is 1. The zero-order valence-corrected chi connectivity index (χ0v) is 12.2. The van der Waals surface area contributed by atoms with Gasteiger partial charge in [0.15, 0.2) is 0 Å². The number of aromatic nitrogens is 1. The molecule has 0 bridgehead atoms. The highest BCUT2D eigenvalue weighted by Gasteiger charge is 2.23. The van der Waals surface area contributed by atoms with Gasteiger partial charge in [-0.15, -0.1) is 0 Å². The van der Waals surface area contributed by atoms with Crippen LogP contribution in [0.25, 0.3) is 27.8 Å². The van der Waals surface area contributed by atoms with E-state index in [2.05, 4.69) is 9.98 Å². The number of nitrogens with zero attached hydrogens (tertiary/aromatic N) is 1. The Bertz CT molecular complexity index is 1210. The third kappa shape index (κ3) is 1.65. The monoisotopic (exact) mass is 318 g/mol. The number of H-pyrrole nitrogens is 1. The summed E-state index contributed by atoms with van der Waals surface area (Å²) >= 11 is 0. The van der Waals surface area contributed by atoms with E-state index in [1.54, 1.807) is 36.4 Å². The highest BCUT2D eigenvalue weighted by Crippen LogP contribution is 2.35. The molecule has 0 aliphatic carbocycles. The van der Waals surface area contributed by atoms with E-state index >= 15 is 0 Å². The molecule has 0 atom stereocenters. The Balaban J connectivity index is 1.89. The SMILES string of the molecule is O=C1N=c2cc3c(-c4ccco4)c(O)[nH]c3cc2=C1c1ccco1. The van der Waals surface area contributed by atoms with Crippen molar-refractivity contribution < 1.29 is 18.7 Å². The molecule has 0 unspecified atom stereocenters. The lowest BCUT2D eigenvalue weighted by atomic mass is 10.1. The summed E-state index contributed by atoms with van der Waals surface area (Å²) in [5.74, 6) is 0.688. The van der Waals surface area contributed by atoms with E-state index in [1.165, 1.54) is 12.5 Å². The van der Waals surface area contributed by atoms with Crippen LogP contribution in [-0.2, 0) is 4.79 Å². The highest BCUT2D eigenvalue weighted by atomic mass is 16.3. The number of amides is 1. The number of aromatic hydroxyl groups is 1. The van der Waals surface area contributed by atoms with Crippen LogP contribution in [0.5, 0.6) is 5.88 Å². The first kappa shape index (κ1) is 13.0. The quantitative estimate of drug-likeness (QED) is 0.592. The number of fused-ring (bicyclic) bond motifs is 2. The van der Waals surface area contributed by atoms with Gasteiger partial charge in [0.2, 0.25) is 5.88 Å². The second-order valence-corrected chi connectivity index (χ2v) is 5.51. The number of benzene rings is 1. The molecule has 0 radical (unpaired) electrons. The van der Waals surface area contributed by atoms with Crippen LogP contribution in [0, 0.1) is 0 Å². The van der Waals surface area contributed by atoms with Crippen LogP contribution >= 0.6 is 0 Å². The fraction of sp³-hybridized carbons (Fsp3) is 0. The molecule has 0 saturated heterocycles. The average molecular weight is 318 g/mol. The van der Waals surface area contributed by atoms with Crippen molar-refractivity contribution in [2.75, 3.05) is 0 Å². The van der Waals surface area contributed by atoms with E-state index in [0.29, 0.717) is 38.7 Å². The minimum Gasteiger partial charge on any atom is -0.494 e. The van der Waals surface area contributed by atoms with Crippen LogP contribution in [0.15, 0.2) is 62.8 Å². The molecule has 5 rings (SSSR count). The predicted octanol–water partition coefficient (Wildman–Crippen LogP) is 2.09. The lowest BCUT2D eigenvalue weighted by molar-refractivity contribution is -0.112. The number of hydrogen-bond acceptors (Lipinski definition) is 4. The van der Waals surface area contributed by atoms with Crippen LogP contribution < -0.4 is 10.6 Å². The standard InChI is InChI=1S/C18H10N2O4/c21-17-15(13-3-1-5-23-13)9-7-12-10(8-11(9)19-17)16(18(22)20-12)14-4-2-6-24-14/h1-8,19,21H. The third-order valence-corrected chi connectivity index (χ3v) is 4.14. The van der Waals surface area contributed by atoms with E-state index in [9.17, 15) is 9.90 Å². The summed E-state index contributed by atoms with van der Waals surface area (Å²) in [6, 6.07) is 10.5. The molecule has 1 aliphatic heterocycles. The van der Waals surface area contributed by atoms with E-state index in [1.807, 2.05) is 0 Å². The maximum atomic E-state index is 12.3. The molecule has 2 N–H and O–H groups in total.